The van der Waals surface area contributed by atoms with Gasteiger partial charge in [-0.05, 0) is 6.92 Å². The van der Waals surface area contributed by atoms with E-state index in [1.165, 1.54) is 4.31 Å². The average Bonchev–Trinajstić information content (AvgIpc) is 1.78. The largest absolute Gasteiger partial charge is 0.376 e. The Balaban J connectivity index is 2.54. The molecule has 0 aromatic rings. The van der Waals surface area contributed by atoms with Crippen molar-refractivity contribution in [1.29, 1.82) is 0 Å². The van der Waals surface area contributed by atoms with Gasteiger partial charge in [-0.3, -0.25) is 0 Å². The second-order valence-corrected chi connectivity index (χ2v) is 4.51. The first-order chi connectivity index (χ1) is 4.87. The summed E-state index contributed by atoms with van der Waals surface area (Å²) in [4.78, 5) is 0. The van der Waals surface area contributed by atoms with Crippen molar-refractivity contribution in [3.63, 3.8) is 0 Å². The minimum Gasteiger partial charge on any atom is -0.376 e. The second-order valence-electron chi connectivity index (χ2n) is 2.97. The van der Waals surface area contributed by atoms with Crippen LogP contribution in [0.3, 0.4) is 0 Å². The summed E-state index contributed by atoms with van der Waals surface area (Å²) >= 11 is 0. The highest BCUT2D eigenvalue weighted by Crippen LogP contribution is 2.24. The van der Waals surface area contributed by atoms with E-state index in [9.17, 15) is 8.42 Å². The van der Waals surface area contributed by atoms with Crippen molar-refractivity contribution >= 4 is 10.2 Å². The number of ether oxygens (including phenoxy) is 1. The number of rotatable bonds is 2. The molecule has 1 saturated heterocycles. The molecule has 0 amide bonds. The van der Waals surface area contributed by atoms with E-state index < -0.39 is 10.2 Å². The molecule has 0 aromatic carbocycles. The molecule has 1 heterocycles. The van der Waals surface area contributed by atoms with E-state index in [4.69, 9.17) is 9.88 Å². The monoisotopic (exact) mass is 180 g/mol. The number of nitrogens with zero attached hydrogens (tertiary/aromatic N) is 1. The number of methoxy groups -OCH3 is 1. The molecule has 1 fully saturated rings. The first-order valence-corrected chi connectivity index (χ1v) is 4.71. The molecule has 6 heteroatoms. The fourth-order valence-electron chi connectivity index (χ4n) is 1.01. The maximum atomic E-state index is 10.7. The summed E-state index contributed by atoms with van der Waals surface area (Å²) in [7, 11) is -1.94. The molecule has 66 valence electrons. The molecule has 5 nitrogen and oxygen atoms in total. The van der Waals surface area contributed by atoms with E-state index >= 15 is 0 Å². The van der Waals surface area contributed by atoms with Crippen LogP contribution in [0, 0.1) is 0 Å². The van der Waals surface area contributed by atoms with Gasteiger partial charge in [-0.25, -0.2) is 5.14 Å². The fourth-order valence-corrected chi connectivity index (χ4v) is 1.91. The molecule has 2 N–H and O–H groups in total. The molecule has 0 spiro atoms. The third-order valence-electron chi connectivity index (χ3n) is 1.87. The zero-order valence-corrected chi connectivity index (χ0v) is 7.39. The normalized spacial score (nSPS) is 24.6. The lowest BCUT2D eigenvalue weighted by Gasteiger charge is -2.44. The topological polar surface area (TPSA) is 72.6 Å². The highest BCUT2D eigenvalue weighted by atomic mass is 32.2. The van der Waals surface area contributed by atoms with Crippen LogP contribution in [0.2, 0.25) is 0 Å². The molecule has 1 aliphatic heterocycles. The van der Waals surface area contributed by atoms with Gasteiger partial charge >= 0.3 is 0 Å². The van der Waals surface area contributed by atoms with Gasteiger partial charge in [0, 0.05) is 20.2 Å². The van der Waals surface area contributed by atoms with E-state index in [0.29, 0.717) is 13.1 Å². The molecule has 0 bridgehead atoms. The lowest BCUT2D eigenvalue weighted by Crippen LogP contribution is -2.63. The Morgan fingerprint density at radius 1 is 1.55 bits per heavy atom. The predicted molar refractivity (Wildman–Crippen MR) is 40.1 cm³/mol. The zero-order valence-electron chi connectivity index (χ0n) is 6.57. The van der Waals surface area contributed by atoms with Gasteiger partial charge in [0.15, 0.2) is 0 Å². The number of hydrogen-bond acceptors (Lipinski definition) is 3. The summed E-state index contributed by atoms with van der Waals surface area (Å²) in [6.07, 6.45) is 0. The molecule has 0 saturated carbocycles. The maximum Gasteiger partial charge on any atom is 0.277 e. The standard InChI is InChI=1S/C5H12N2O3S/c1-5(10-2)3-7(4-5)11(6,8)9/h3-4H2,1-2H3,(H2,6,8,9). The summed E-state index contributed by atoms with van der Waals surface area (Å²) in [6, 6.07) is 0. The Labute approximate surface area is 66.3 Å². The van der Waals surface area contributed by atoms with Crippen LogP contribution in [-0.2, 0) is 14.9 Å². The number of nitrogens with two attached hydrogens (primary N) is 1. The van der Waals surface area contributed by atoms with Crippen LogP contribution in [0.1, 0.15) is 6.92 Å². The van der Waals surface area contributed by atoms with Crippen LogP contribution in [0.5, 0.6) is 0 Å². The molecule has 1 aliphatic rings. The third kappa shape index (κ3) is 1.70. The van der Waals surface area contributed by atoms with Crippen LogP contribution in [0.4, 0.5) is 0 Å². The molecule has 0 radical (unpaired) electrons. The van der Waals surface area contributed by atoms with Crippen molar-refractivity contribution in [2.75, 3.05) is 20.2 Å². The van der Waals surface area contributed by atoms with Crippen molar-refractivity contribution in [2.45, 2.75) is 12.5 Å². The SMILES string of the molecule is COC1(C)CN(S(N)(=O)=O)C1. The maximum absolute atomic E-state index is 10.7. The van der Waals surface area contributed by atoms with Crippen molar-refractivity contribution < 1.29 is 13.2 Å². The van der Waals surface area contributed by atoms with Gasteiger partial charge in [-0.15, -0.1) is 0 Å². The predicted octanol–water partition coefficient (Wildman–Crippen LogP) is -1.09. The van der Waals surface area contributed by atoms with Gasteiger partial charge in [0.05, 0.1) is 5.60 Å². The van der Waals surface area contributed by atoms with Gasteiger partial charge in [0.25, 0.3) is 10.2 Å². The van der Waals surface area contributed by atoms with Crippen LogP contribution in [0.15, 0.2) is 0 Å². The summed E-state index contributed by atoms with van der Waals surface area (Å²) in [5.74, 6) is 0. The summed E-state index contributed by atoms with van der Waals surface area (Å²) in [5.41, 5.74) is -0.341. The van der Waals surface area contributed by atoms with Crippen LogP contribution in [-0.4, -0.2) is 38.5 Å². The number of hydrogen-bond donors (Lipinski definition) is 1. The van der Waals surface area contributed by atoms with Gasteiger partial charge in [0.2, 0.25) is 0 Å². The van der Waals surface area contributed by atoms with Gasteiger partial charge in [-0.2, -0.15) is 12.7 Å². The van der Waals surface area contributed by atoms with E-state index in [1.54, 1.807) is 7.11 Å². The van der Waals surface area contributed by atoms with E-state index in [-0.39, 0.29) is 5.60 Å². The summed E-state index contributed by atoms with van der Waals surface area (Å²) in [5, 5.41) is 4.86. The Hall–Kier alpha value is -0.170. The molecular formula is C5H12N2O3S. The molecule has 0 aromatic heterocycles. The molecule has 0 atom stereocenters. The second kappa shape index (κ2) is 2.41. The minimum atomic E-state index is -3.49. The lowest BCUT2D eigenvalue weighted by atomic mass is 10.0. The van der Waals surface area contributed by atoms with Crippen molar-refractivity contribution in [3.8, 4) is 0 Å². The highest BCUT2D eigenvalue weighted by Gasteiger charge is 2.43. The molecule has 11 heavy (non-hydrogen) atoms. The molecule has 1 rings (SSSR count). The molecule has 0 aliphatic carbocycles. The molecular weight excluding hydrogens is 168 g/mol. The highest BCUT2D eigenvalue weighted by molar-refractivity contribution is 7.86. The Kier molecular flexibility index (Phi) is 1.96. The summed E-state index contributed by atoms with van der Waals surface area (Å²) in [6.45, 7) is 2.54. The average molecular weight is 180 g/mol. The smallest absolute Gasteiger partial charge is 0.277 e. The summed E-state index contributed by atoms with van der Waals surface area (Å²) < 4.78 is 27.5. The van der Waals surface area contributed by atoms with Crippen molar-refractivity contribution in [2.24, 2.45) is 5.14 Å². The van der Waals surface area contributed by atoms with E-state index in [0.717, 1.165) is 0 Å². The Morgan fingerprint density at radius 2 is 2.00 bits per heavy atom. The zero-order chi connectivity index (χ0) is 8.70. The van der Waals surface area contributed by atoms with Crippen LogP contribution >= 0.6 is 0 Å². The van der Waals surface area contributed by atoms with Gasteiger partial charge in [-0.1, -0.05) is 0 Å². The quantitative estimate of drug-likeness (QED) is 0.587. The first kappa shape index (κ1) is 8.92. The first-order valence-electron chi connectivity index (χ1n) is 3.20. The minimum absolute atomic E-state index is 0.341. The van der Waals surface area contributed by atoms with Crippen molar-refractivity contribution in [3.05, 3.63) is 0 Å². The van der Waals surface area contributed by atoms with Crippen molar-refractivity contribution in [1.82, 2.24) is 4.31 Å². The van der Waals surface area contributed by atoms with Gasteiger partial charge in [0.1, 0.15) is 0 Å². The van der Waals surface area contributed by atoms with E-state index in [1.807, 2.05) is 6.92 Å². The molecule has 0 unspecified atom stereocenters. The Morgan fingerprint density at radius 3 is 2.27 bits per heavy atom. The Bertz CT molecular complexity index is 242. The lowest BCUT2D eigenvalue weighted by molar-refractivity contribution is -0.0768. The van der Waals surface area contributed by atoms with Crippen LogP contribution in [0.25, 0.3) is 0 Å². The third-order valence-corrected chi connectivity index (χ3v) is 2.85. The van der Waals surface area contributed by atoms with E-state index in [2.05, 4.69) is 0 Å². The van der Waals surface area contributed by atoms with Crippen LogP contribution < -0.4 is 5.14 Å². The van der Waals surface area contributed by atoms with Gasteiger partial charge < -0.3 is 4.74 Å². The fraction of sp³-hybridized carbons (Fsp3) is 1.00.